The summed E-state index contributed by atoms with van der Waals surface area (Å²) in [5.74, 6) is 0.611. The van der Waals surface area contributed by atoms with Gasteiger partial charge >= 0.3 is 0 Å². The average molecular weight is 721 g/mol. The highest BCUT2D eigenvalue weighted by atomic mass is 32.2. The summed E-state index contributed by atoms with van der Waals surface area (Å²) in [6.07, 6.45) is 14.6. The normalized spacial score (nSPS) is 14.2. The Labute approximate surface area is 313 Å². The lowest BCUT2D eigenvalue weighted by Gasteiger charge is -2.23. The third kappa shape index (κ3) is 9.82. The number of ether oxygens (including phenoxy) is 3. The molecular formula is C43H52N4O4S. The van der Waals surface area contributed by atoms with Crippen molar-refractivity contribution in [1.82, 2.24) is 13.5 Å². The minimum atomic E-state index is 0.0417. The van der Waals surface area contributed by atoms with Crippen molar-refractivity contribution in [1.29, 1.82) is 5.26 Å². The van der Waals surface area contributed by atoms with Gasteiger partial charge in [-0.1, -0.05) is 58.1 Å². The van der Waals surface area contributed by atoms with Gasteiger partial charge in [0, 0.05) is 48.0 Å². The standard InChI is InChI=1S/C34H28N4O3S.C5H12O.2C2H6/c35-21-26-18-23(7-9-33(26)41-27-12-16-40-17-13-27)29-10-14-36-34-30(29)20-32(38(34)42-28-4-2-1-3-5-28)24-6-8-31-25(19-24)11-15-37(31)22-39;1-5(2,3)6-4;2*1-2/h1-2,4,6-11,14-15,18-20,22,27H,3,5,12-13,16-17H2;1-4H3;2*1-2H3. The maximum atomic E-state index is 11.5. The number of benzene rings is 2. The van der Waals surface area contributed by atoms with Gasteiger partial charge in [-0.2, -0.15) is 5.26 Å². The van der Waals surface area contributed by atoms with E-state index >= 15 is 0 Å². The van der Waals surface area contributed by atoms with Gasteiger partial charge in [-0.05, 0) is 105 Å². The average Bonchev–Trinajstić information content (AvgIpc) is 3.78. The molecule has 0 radical (unpaired) electrons. The summed E-state index contributed by atoms with van der Waals surface area (Å²) in [6, 6.07) is 20.5. The molecule has 0 bridgehead atoms. The molecule has 52 heavy (non-hydrogen) atoms. The fourth-order valence-electron chi connectivity index (χ4n) is 5.67. The maximum Gasteiger partial charge on any atom is 0.218 e. The highest BCUT2D eigenvalue weighted by Crippen LogP contribution is 2.41. The van der Waals surface area contributed by atoms with Gasteiger partial charge in [-0.25, -0.2) is 4.98 Å². The molecule has 1 saturated heterocycles. The number of rotatable bonds is 7. The van der Waals surface area contributed by atoms with Crippen molar-refractivity contribution in [2.24, 2.45) is 0 Å². The molecule has 0 amide bonds. The molecule has 1 aliphatic heterocycles. The summed E-state index contributed by atoms with van der Waals surface area (Å²) >= 11 is 1.69. The summed E-state index contributed by atoms with van der Waals surface area (Å²) in [4.78, 5) is 17.6. The van der Waals surface area contributed by atoms with E-state index in [1.54, 1.807) is 29.8 Å². The predicted molar refractivity (Wildman–Crippen MR) is 216 cm³/mol. The SMILES string of the molecule is CC.CC.COC(C)(C)C.N#Cc1cc(-c2ccnc3c2cc(-c2ccc4c(ccn4C=O)c2)n3SC2=CC=CCC2)ccc1OC1CCOCC1. The molecule has 9 heteroatoms. The van der Waals surface area contributed by atoms with Crippen molar-refractivity contribution in [3.05, 3.63) is 95.7 Å². The van der Waals surface area contributed by atoms with E-state index in [-0.39, 0.29) is 11.7 Å². The smallest absolute Gasteiger partial charge is 0.218 e. The van der Waals surface area contributed by atoms with E-state index in [0.717, 1.165) is 76.4 Å². The summed E-state index contributed by atoms with van der Waals surface area (Å²) in [5.41, 5.74) is 6.27. The van der Waals surface area contributed by atoms with Gasteiger partial charge in [0.1, 0.15) is 17.9 Å². The number of hydrogen-bond acceptors (Lipinski definition) is 7. The van der Waals surface area contributed by atoms with Crippen molar-refractivity contribution in [3.8, 4) is 34.2 Å². The molecule has 1 fully saturated rings. The number of nitriles is 1. The number of carbonyl (C=O) groups excluding carboxylic acids is 1. The van der Waals surface area contributed by atoms with Gasteiger partial charge in [0.05, 0.1) is 35.6 Å². The Kier molecular flexibility index (Phi) is 14.9. The molecule has 3 aromatic heterocycles. The van der Waals surface area contributed by atoms with Gasteiger partial charge in [0.25, 0.3) is 0 Å². The topological polar surface area (TPSA) is 91.3 Å². The lowest BCUT2D eigenvalue weighted by molar-refractivity contribution is 0.0254. The highest BCUT2D eigenvalue weighted by molar-refractivity contribution is 8.01. The van der Waals surface area contributed by atoms with Crippen molar-refractivity contribution < 1.29 is 19.0 Å². The van der Waals surface area contributed by atoms with Crippen LogP contribution in [-0.4, -0.2) is 52.0 Å². The van der Waals surface area contributed by atoms with Crippen LogP contribution in [0.15, 0.2) is 90.1 Å². The number of hydrogen-bond donors (Lipinski definition) is 0. The van der Waals surface area contributed by atoms with Crippen molar-refractivity contribution in [3.63, 3.8) is 0 Å². The summed E-state index contributed by atoms with van der Waals surface area (Å²) in [6.45, 7) is 15.4. The second kappa shape index (κ2) is 19.3. The first-order valence-electron chi connectivity index (χ1n) is 18.2. The van der Waals surface area contributed by atoms with Crippen LogP contribution < -0.4 is 4.74 Å². The molecule has 0 spiro atoms. The second-order valence-corrected chi connectivity index (χ2v) is 13.9. The molecule has 0 N–H and O–H groups in total. The Bertz CT molecular complexity index is 2040. The Hall–Kier alpha value is -4.62. The largest absolute Gasteiger partial charge is 0.489 e. The Balaban J connectivity index is 0.000000544. The fourth-order valence-corrected chi connectivity index (χ4v) is 6.74. The molecule has 1 aliphatic carbocycles. The zero-order chi connectivity index (χ0) is 37.7. The molecule has 4 heterocycles. The van der Waals surface area contributed by atoms with E-state index in [1.165, 1.54) is 4.91 Å². The fraction of sp³-hybridized carbons (Fsp3) is 0.372. The van der Waals surface area contributed by atoms with Crippen LogP contribution in [0.25, 0.3) is 44.3 Å². The number of pyridine rings is 1. The summed E-state index contributed by atoms with van der Waals surface area (Å²) < 4.78 is 20.4. The molecule has 7 rings (SSSR count). The molecular weight excluding hydrogens is 669 g/mol. The van der Waals surface area contributed by atoms with Gasteiger partial charge in [0.2, 0.25) is 6.41 Å². The molecule has 2 aliphatic rings. The van der Waals surface area contributed by atoms with Crippen LogP contribution in [0.2, 0.25) is 0 Å². The summed E-state index contributed by atoms with van der Waals surface area (Å²) in [7, 11) is 1.71. The Morgan fingerprint density at radius 3 is 2.38 bits per heavy atom. The molecule has 274 valence electrons. The van der Waals surface area contributed by atoms with E-state index in [2.05, 4.69) is 46.5 Å². The van der Waals surface area contributed by atoms with Crippen molar-refractivity contribution >= 4 is 40.3 Å². The van der Waals surface area contributed by atoms with Crippen molar-refractivity contribution in [2.75, 3.05) is 20.3 Å². The highest BCUT2D eigenvalue weighted by Gasteiger charge is 2.21. The van der Waals surface area contributed by atoms with E-state index in [9.17, 15) is 10.1 Å². The van der Waals surface area contributed by atoms with Gasteiger partial charge in [0.15, 0.2) is 5.65 Å². The van der Waals surface area contributed by atoms with E-state index in [0.29, 0.717) is 24.5 Å². The number of allylic oxidation sites excluding steroid dienone is 4. The third-order valence-corrected chi connectivity index (χ3v) is 9.59. The molecule has 0 unspecified atom stereocenters. The summed E-state index contributed by atoms with van der Waals surface area (Å²) in [5, 5.41) is 12.0. The number of aromatic nitrogens is 3. The number of methoxy groups -OCH3 is 1. The monoisotopic (exact) mass is 720 g/mol. The van der Waals surface area contributed by atoms with Crippen LogP contribution in [0, 0.1) is 11.3 Å². The number of carbonyl (C=O) groups is 1. The molecule has 2 aromatic carbocycles. The van der Waals surface area contributed by atoms with Gasteiger partial charge in [-0.15, -0.1) is 0 Å². The second-order valence-electron chi connectivity index (χ2n) is 12.8. The first-order chi connectivity index (χ1) is 25.3. The van der Waals surface area contributed by atoms with Gasteiger partial charge < -0.3 is 14.2 Å². The first kappa shape index (κ1) is 40.2. The van der Waals surface area contributed by atoms with Crippen LogP contribution in [0.4, 0.5) is 0 Å². The van der Waals surface area contributed by atoms with Crippen LogP contribution in [-0.2, 0) is 14.3 Å². The Morgan fingerprint density at radius 2 is 1.73 bits per heavy atom. The van der Waals surface area contributed by atoms with E-state index in [4.69, 9.17) is 19.2 Å². The van der Waals surface area contributed by atoms with Crippen LogP contribution in [0.3, 0.4) is 0 Å². The Morgan fingerprint density at radius 1 is 1.00 bits per heavy atom. The molecule has 0 atom stereocenters. The number of nitrogens with zero attached hydrogens (tertiary/aromatic N) is 4. The van der Waals surface area contributed by atoms with E-state index in [1.807, 2.05) is 91.1 Å². The first-order valence-corrected chi connectivity index (χ1v) is 19.0. The number of fused-ring (bicyclic) bond motifs is 2. The lowest BCUT2D eigenvalue weighted by atomic mass is 10.0. The minimum Gasteiger partial charge on any atom is -0.489 e. The third-order valence-electron chi connectivity index (χ3n) is 8.46. The maximum absolute atomic E-state index is 11.5. The minimum absolute atomic E-state index is 0.0417. The van der Waals surface area contributed by atoms with Crippen LogP contribution in [0.1, 0.15) is 79.7 Å². The zero-order valence-electron chi connectivity index (χ0n) is 31.8. The predicted octanol–water partition coefficient (Wildman–Crippen LogP) is 11.0. The van der Waals surface area contributed by atoms with E-state index < -0.39 is 0 Å². The lowest BCUT2D eigenvalue weighted by Crippen LogP contribution is -2.26. The van der Waals surface area contributed by atoms with Crippen molar-refractivity contribution in [2.45, 2.75) is 85.9 Å². The molecule has 0 saturated carbocycles. The molecule has 8 nitrogen and oxygen atoms in total. The van der Waals surface area contributed by atoms with Crippen LogP contribution in [0.5, 0.6) is 5.75 Å². The quantitative estimate of drug-likeness (QED) is 0.155. The zero-order valence-corrected chi connectivity index (χ0v) is 32.6. The molecule has 5 aromatic rings. The van der Waals surface area contributed by atoms with Gasteiger partial charge in [-0.3, -0.25) is 13.3 Å². The van der Waals surface area contributed by atoms with Crippen LogP contribution >= 0.6 is 11.9 Å².